The molecule has 11 heteroatoms. The van der Waals surface area contributed by atoms with Crippen LogP contribution in [0.5, 0.6) is 5.75 Å². The van der Waals surface area contributed by atoms with Gasteiger partial charge in [-0.3, -0.25) is 14.2 Å². The number of ether oxygens (including phenoxy) is 1. The van der Waals surface area contributed by atoms with Gasteiger partial charge >= 0.3 is 0 Å². The third-order valence-electron chi connectivity index (χ3n) is 7.49. The monoisotopic (exact) mass is 636 g/mol. The molecule has 3 heterocycles. The number of aryl methyl sites for hydroxylation is 2. The summed E-state index contributed by atoms with van der Waals surface area (Å²) in [5.74, 6) is 1.13. The first-order valence-electron chi connectivity index (χ1n) is 14.5. The average molecular weight is 637 g/mol. The maximum Gasteiger partial charge on any atom is 0.261 e. The van der Waals surface area contributed by atoms with E-state index in [-0.39, 0.29) is 30.2 Å². The highest BCUT2D eigenvalue weighted by Crippen LogP contribution is 2.34. The summed E-state index contributed by atoms with van der Waals surface area (Å²) < 4.78 is 7.22. The zero-order valence-corrected chi connectivity index (χ0v) is 26.8. The highest BCUT2D eigenvalue weighted by Gasteiger charge is 2.33. The van der Waals surface area contributed by atoms with Crippen LogP contribution in [-0.4, -0.2) is 50.2 Å². The van der Waals surface area contributed by atoms with E-state index in [2.05, 4.69) is 39.8 Å². The van der Waals surface area contributed by atoms with Crippen molar-refractivity contribution in [3.8, 4) is 11.4 Å². The van der Waals surface area contributed by atoms with E-state index in [0.29, 0.717) is 22.3 Å². The van der Waals surface area contributed by atoms with Crippen LogP contribution in [0.4, 0.5) is 0 Å². The molecule has 0 saturated carbocycles. The molecule has 1 atom stereocenters. The molecule has 5 aromatic rings. The molecule has 228 valence electrons. The molecule has 0 spiro atoms. The first-order chi connectivity index (χ1) is 21.9. The lowest BCUT2D eigenvalue weighted by Crippen LogP contribution is -2.28. The van der Waals surface area contributed by atoms with Crippen LogP contribution in [0.15, 0.2) is 101 Å². The average Bonchev–Trinajstić information content (AvgIpc) is 3.83. The van der Waals surface area contributed by atoms with Crippen molar-refractivity contribution in [2.45, 2.75) is 38.0 Å². The van der Waals surface area contributed by atoms with Crippen LogP contribution in [0.3, 0.4) is 0 Å². The number of amides is 2. The van der Waals surface area contributed by atoms with Crippen molar-refractivity contribution in [1.82, 2.24) is 25.1 Å². The number of rotatable bonds is 10. The second-order valence-electron chi connectivity index (χ2n) is 10.7. The second kappa shape index (κ2) is 13.5. The molecule has 0 fully saturated rings. The number of nitrogens with one attached hydrogen (secondary N) is 1. The van der Waals surface area contributed by atoms with Gasteiger partial charge in [0.25, 0.3) is 11.8 Å². The van der Waals surface area contributed by atoms with E-state index < -0.39 is 0 Å². The highest BCUT2D eigenvalue weighted by molar-refractivity contribution is 7.99. The van der Waals surface area contributed by atoms with Gasteiger partial charge in [-0.1, -0.05) is 59.8 Å². The lowest BCUT2D eigenvalue weighted by atomic mass is 9.97. The van der Waals surface area contributed by atoms with E-state index in [0.717, 1.165) is 39.4 Å². The standard InChI is InChI=1S/C34H32N6O3S2/c1-22-9-11-25(12-10-22)29-19-28(24-13-15-27(43-3)16-14-24)38-40(29)32(41)21-45-34-37-36-31(20-35-33(42)30-8-5-17-44-30)39(34)26-7-4-6-23(2)18-26/h4-18,29H,19-21H2,1-3H3,(H,35,42)/t29-/m1/s1. The Kier molecular flexibility index (Phi) is 9.08. The van der Waals surface area contributed by atoms with Gasteiger partial charge in [0, 0.05) is 12.1 Å². The summed E-state index contributed by atoms with van der Waals surface area (Å²) in [5, 5.41) is 20.6. The molecule has 2 amide bonds. The van der Waals surface area contributed by atoms with Crippen LogP contribution < -0.4 is 10.1 Å². The largest absolute Gasteiger partial charge is 0.497 e. The fourth-order valence-electron chi connectivity index (χ4n) is 5.13. The topological polar surface area (TPSA) is 102 Å². The van der Waals surface area contributed by atoms with E-state index in [4.69, 9.17) is 9.84 Å². The summed E-state index contributed by atoms with van der Waals surface area (Å²) in [6.45, 7) is 4.24. The molecular formula is C34H32N6O3S2. The quantitative estimate of drug-likeness (QED) is 0.179. The number of carbonyl (C=O) groups is 2. The summed E-state index contributed by atoms with van der Waals surface area (Å²) in [4.78, 5) is 27.1. The van der Waals surface area contributed by atoms with Crippen LogP contribution in [0.2, 0.25) is 0 Å². The SMILES string of the molecule is COc1ccc(C2=NN(C(=O)CSc3nnc(CNC(=O)c4cccs4)n3-c3cccc(C)c3)[C@@H](c3ccc(C)cc3)C2)cc1. The molecule has 1 aliphatic rings. The third kappa shape index (κ3) is 6.84. The van der Waals surface area contributed by atoms with Crippen molar-refractivity contribution >= 4 is 40.6 Å². The zero-order chi connectivity index (χ0) is 31.3. The molecule has 0 unspecified atom stereocenters. The predicted molar refractivity (Wildman–Crippen MR) is 177 cm³/mol. The molecule has 2 aromatic heterocycles. The van der Waals surface area contributed by atoms with Crippen molar-refractivity contribution < 1.29 is 14.3 Å². The molecule has 3 aromatic carbocycles. The molecular weight excluding hydrogens is 605 g/mol. The van der Waals surface area contributed by atoms with Crippen molar-refractivity contribution in [3.05, 3.63) is 123 Å². The Labute approximate surface area is 270 Å². The Morgan fingerprint density at radius 2 is 1.78 bits per heavy atom. The van der Waals surface area contributed by atoms with Crippen LogP contribution in [0, 0.1) is 13.8 Å². The minimum Gasteiger partial charge on any atom is -0.497 e. The summed E-state index contributed by atoms with van der Waals surface area (Å²) in [6, 6.07) is 27.3. The summed E-state index contributed by atoms with van der Waals surface area (Å²) in [6.07, 6.45) is 0.597. The molecule has 0 bridgehead atoms. The molecule has 0 radical (unpaired) electrons. The Morgan fingerprint density at radius 1 is 0.978 bits per heavy atom. The normalized spacial score (nSPS) is 14.3. The molecule has 0 saturated heterocycles. The van der Waals surface area contributed by atoms with E-state index in [1.165, 1.54) is 23.1 Å². The van der Waals surface area contributed by atoms with E-state index in [1.54, 1.807) is 18.2 Å². The van der Waals surface area contributed by atoms with Crippen molar-refractivity contribution in [3.63, 3.8) is 0 Å². The Morgan fingerprint density at radius 3 is 2.49 bits per heavy atom. The minimum absolute atomic E-state index is 0.104. The van der Waals surface area contributed by atoms with Crippen LogP contribution in [0.1, 0.15) is 50.2 Å². The van der Waals surface area contributed by atoms with Gasteiger partial charge in [0.05, 0.1) is 36.0 Å². The number of benzene rings is 3. The Bertz CT molecular complexity index is 1830. The number of hydrazone groups is 1. The number of thiophene rings is 1. The fraction of sp³-hybridized carbons (Fsp3) is 0.206. The maximum absolute atomic E-state index is 13.9. The van der Waals surface area contributed by atoms with Crippen molar-refractivity contribution in [2.75, 3.05) is 12.9 Å². The molecule has 0 aliphatic carbocycles. The minimum atomic E-state index is -0.228. The van der Waals surface area contributed by atoms with Crippen LogP contribution in [0.25, 0.3) is 5.69 Å². The number of nitrogens with zero attached hydrogens (tertiary/aromatic N) is 5. The van der Waals surface area contributed by atoms with Crippen LogP contribution >= 0.6 is 23.1 Å². The van der Waals surface area contributed by atoms with Gasteiger partial charge in [-0.2, -0.15) is 5.10 Å². The second-order valence-corrected chi connectivity index (χ2v) is 12.6. The third-order valence-corrected chi connectivity index (χ3v) is 9.27. The number of hydrogen-bond donors (Lipinski definition) is 1. The Hall–Kier alpha value is -4.74. The number of thioether (sulfide) groups is 1. The van der Waals surface area contributed by atoms with Gasteiger partial charge in [-0.15, -0.1) is 21.5 Å². The molecule has 6 rings (SSSR count). The summed E-state index contributed by atoms with van der Waals surface area (Å²) in [7, 11) is 1.64. The number of carbonyl (C=O) groups excluding carboxylic acids is 2. The van der Waals surface area contributed by atoms with E-state index >= 15 is 0 Å². The van der Waals surface area contributed by atoms with Crippen molar-refractivity contribution in [2.24, 2.45) is 5.10 Å². The van der Waals surface area contributed by atoms with Crippen LogP contribution in [-0.2, 0) is 11.3 Å². The highest BCUT2D eigenvalue weighted by atomic mass is 32.2. The molecule has 45 heavy (non-hydrogen) atoms. The smallest absolute Gasteiger partial charge is 0.261 e. The van der Waals surface area contributed by atoms with Gasteiger partial charge in [-0.25, -0.2) is 5.01 Å². The van der Waals surface area contributed by atoms with Gasteiger partial charge in [0.15, 0.2) is 11.0 Å². The fourth-order valence-corrected chi connectivity index (χ4v) is 6.59. The Balaban J connectivity index is 1.25. The summed E-state index contributed by atoms with van der Waals surface area (Å²) >= 11 is 2.68. The first-order valence-corrected chi connectivity index (χ1v) is 16.3. The van der Waals surface area contributed by atoms with E-state index in [1.807, 2.05) is 78.4 Å². The maximum atomic E-state index is 13.9. The number of aromatic nitrogens is 3. The van der Waals surface area contributed by atoms with Gasteiger partial charge in [0.1, 0.15) is 5.75 Å². The number of hydrogen-bond acceptors (Lipinski definition) is 8. The lowest BCUT2D eigenvalue weighted by Gasteiger charge is -2.22. The first kappa shape index (κ1) is 30.3. The summed E-state index contributed by atoms with van der Waals surface area (Å²) in [5.41, 5.74) is 5.89. The van der Waals surface area contributed by atoms with Crippen molar-refractivity contribution in [1.29, 1.82) is 0 Å². The van der Waals surface area contributed by atoms with Gasteiger partial charge in [0.2, 0.25) is 0 Å². The number of methoxy groups -OCH3 is 1. The molecule has 1 N–H and O–H groups in total. The lowest BCUT2D eigenvalue weighted by molar-refractivity contribution is -0.130. The predicted octanol–water partition coefficient (Wildman–Crippen LogP) is 6.35. The van der Waals surface area contributed by atoms with Gasteiger partial charge in [-0.05, 0) is 78.4 Å². The van der Waals surface area contributed by atoms with E-state index in [9.17, 15) is 9.59 Å². The van der Waals surface area contributed by atoms with Gasteiger partial charge < -0.3 is 10.1 Å². The molecule has 9 nitrogen and oxygen atoms in total. The zero-order valence-electron chi connectivity index (χ0n) is 25.1. The molecule has 1 aliphatic heterocycles.